The van der Waals surface area contributed by atoms with Crippen LogP contribution in [0.2, 0.25) is 0 Å². The van der Waals surface area contributed by atoms with Gasteiger partial charge in [0.1, 0.15) is 5.75 Å². The molecular formula is C13H13BrN2O3S. The van der Waals surface area contributed by atoms with Gasteiger partial charge in [0.25, 0.3) is 10.0 Å². The molecular weight excluding hydrogens is 344 g/mol. The van der Waals surface area contributed by atoms with Crippen LogP contribution in [0.3, 0.4) is 0 Å². The first-order valence-corrected chi connectivity index (χ1v) is 7.92. The van der Waals surface area contributed by atoms with Crippen LogP contribution < -0.4 is 15.2 Å². The van der Waals surface area contributed by atoms with Gasteiger partial charge in [-0.2, -0.15) is 0 Å². The second kappa shape index (κ2) is 5.72. The highest BCUT2D eigenvalue weighted by atomic mass is 79.9. The van der Waals surface area contributed by atoms with Crippen molar-refractivity contribution >= 4 is 37.3 Å². The summed E-state index contributed by atoms with van der Waals surface area (Å²) < 4.78 is 32.7. The summed E-state index contributed by atoms with van der Waals surface area (Å²) in [6.45, 7) is 0. The lowest BCUT2D eigenvalue weighted by Crippen LogP contribution is -2.13. The number of anilines is 2. The lowest BCUT2D eigenvalue weighted by atomic mass is 10.3. The lowest BCUT2D eigenvalue weighted by Gasteiger charge is -2.11. The standard InChI is InChI=1S/C13H13BrN2O3S/c1-19-10-5-6-12(14)13(8-10)16-20(17,18)11-4-2-3-9(15)7-11/h2-8,16H,15H2,1H3. The normalized spacial score (nSPS) is 11.1. The van der Waals surface area contributed by atoms with Gasteiger partial charge in [0, 0.05) is 16.2 Å². The Morgan fingerprint density at radius 1 is 1.20 bits per heavy atom. The molecule has 5 nitrogen and oxygen atoms in total. The molecule has 0 heterocycles. The molecule has 0 aliphatic rings. The summed E-state index contributed by atoms with van der Waals surface area (Å²) in [5, 5.41) is 0. The molecule has 0 saturated heterocycles. The summed E-state index contributed by atoms with van der Waals surface area (Å²) >= 11 is 3.29. The van der Waals surface area contributed by atoms with E-state index >= 15 is 0 Å². The Labute approximate surface area is 125 Å². The molecule has 0 aliphatic carbocycles. The van der Waals surface area contributed by atoms with Crippen LogP contribution in [0.15, 0.2) is 51.8 Å². The zero-order valence-corrected chi connectivity index (χ0v) is 13.0. The number of hydrogen-bond acceptors (Lipinski definition) is 4. The number of hydrogen-bond donors (Lipinski definition) is 2. The van der Waals surface area contributed by atoms with E-state index in [1.54, 1.807) is 30.3 Å². The third-order valence-corrected chi connectivity index (χ3v) is 4.64. The van der Waals surface area contributed by atoms with E-state index in [4.69, 9.17) is 10.5 Å². The van der Waals surface area contributed by atoms with Gasteiger partial charge in [-0.25, -0.2) is 8.42 Å². The van der Waals surface area contributed by atoms with Gasteiger partial charge >= 0.3 is 0 Å². The Hall–Kier alpha value is -1.73. The van der Waals surface area contributed by atoms with E-state index in [2.05, 4.69) is 20.7 Å². The minimum absolute atomic E-state index is 0.104. The molecule has 2 aromatic carbocycles. The Morgan fingerprint density at radius 2 is 1.95 bits per heavy atom. The predicted molar refractivity (Wildman–Crippen MR) is 82.4 cm³/mol. The molecule has 106 valence electrons. The molecule has 20 heavy (non-hydrogen) atoms. The van der Waals surface area contributed by atoms with Crippen LogP contribution in [0.25, 0.3) is 0 Å². The second-order valence-electron chi connectivity index (χ2n) is 4.02. The van der Waals surface area contributed by atoms with Gasteiger partial charge in [0.05, 0.1) is 17.7 Å². The van der Waals surface area contributed by atoms with E-state index in [0.717, 1.165) is 0 Å². The van der Waals surface area contributed by atoms with Crippen molar-refractivity contribution in [3.8, 4) is 5.75 Å². The fourth-order valence-corrected chi connectivity index (χ4v) is 3.20. The first-order valence-electron chi connectivity index (χ1n) is 5.64. The maximum atomic E-state index is 12.3. The maximum Gasteiger partial charge on any atom is 0.262 e. The smallest absolute Gasteiger partial charge is 0.262 e. The van der Waals surface area contributed by atoms with E-state index in [1.807, 2.05) is 0 Å². The van der Waals surface area contributed by atoms with Crippen molar-refractivity contribution in [2.24, 2.45) is 0 Å². The average molecular weight is 357 g/mol. The van der Waals surface area contributed by atoms with Gasteiger partial charge in [0.2, 0.25) is 0 Å². The lowest BCUT2D eigenvalue weighted by molar-refractivity contribution is 0.415. The number of halogens is 1. The van der Waals surface area contributed by atoms with Gasteiger partial charge in [-0.05, 0) is 46.3 Å². The van der Waals surface area contributed by atoms with Crippen molar-refractivity contribution in [1.29, 1.82) is 0 Å². The number of methoxy groups -OCH3 is 1. The van der Waals surface area contributed by atoms with Gasteiger partial charge < -0.3 is 10.5 Å². The minimum atomic E-state index is -3.70. The van der Waals surface area contributed by atoms with Crippen LogP contribution in [-0.2, 0) is 10.0 Å². The molecule has 0 aromatic heterocycles. The van der Waals surface area contributed by atoms with Crippen molar-refractivity contribution in [2.75, 3.05) is 17.6 Å². The van der Waals surface area contributed by atoms with E-state index in [0.29, 0.717) is 21.6 Å². The monoisotopic (exact) mass is 356 g/mol. The van der Waals surface area contributed by atoms with Crippen LogP contribution in [0.1, 0.15) is 0 Å². The molecule has 7 heteroatoms. The Morgan fingerprint density at radius 3 is 2.60 bits per heavy atom. The number of benzene rings is 2. The highest BCUT2D eigenvalue weighted by molar-refractivity contribution is 9.10. The van der Waals surface area contributed by atoms with Crippen molar-refractivity contribution in [3.63, 3.8) is 0 Å². The molecule has 0 unspecified atom stereocenters. The summed E-state index contributed by atoms with van der Waals surface area (Å²) in [5.74, 6) is 0.554. The largest absolute Gasteiger partial charge is 0.497 e. The van der Waals surface area contributed by atoms with Gasteiger partial charge in [0.15, 0.2) is 0 Å². The number of nitrogen functional groups attached to an aromatic ring is 1. The van der Waals surface area contributed by atoms with Crippen LogP contribution in [0.4, 0.5) is 11.4 Å². The summed E-state index contributed by atoms with van der Waals surface area (Å²) in [7, 11) is -2.19. The summed E-state index contributed by atoms with van der Waals surface area (Å²) in [6.07, 6.45) is 0. The van der Waals surface area contributed by atoms with Crippen LogP contribution >= 0.6 is 15.9 Å². The van der Waals surface area contributed by atoms with Crippen LogP contribution in [0.5, 0.6) is 5.75 Å². The molecule has 0 fully saturated rings. The number of ether oxygens (including phenoxy) is 1. The van der Waals surface area contributed by atoms with Gasteiger partial charge in [-0.15, -0.1) is 0 Å². The molecule has 0 spiro atoms. The minimum Gasteiger partial charge on any atom is -0.497 e. The number of sulfonamides is 1. The fraction of sp³-hybridized carbons (Fsp3) is 0.0769. The molecule has 2 rings (SSSR count). The third-order valence-electron chi connectivity index (χ3n) is 2.59. The second-order valence-corrected chi connectivity index (χ2v) is 6.56. The van der Waals surface area contributed by atoms with Crippen LogP contribution in [0, 0.1) is 0 Å². The first-order chi connectivity index (χ1) is 9.42. The third kappa shape index (κ3) is 3.23. The number of nitrogens with two attached hydrogens (primary N) is 1. The summed E-state index contributed by atoms with van der Waals surface area (Å²) in [4.78, 5) is 0.104. The molecule has 2 aromatic rings. The number of rotatable bonds is 4. The van der Waals surface area contributed by atoms with Crippen molar-refractivity contribution < 1.29 is 13.2 Å². The Bertz CT molecular complexity index is 732. The first kappa shape index (κ1) is 14.7. The number of nitrogens with one attached hydrogen (secondary N) is 1. The zero-order chi connectivity index (χ0) is 14.8. The van der Waals surface area contributed by atoms with Crippen LogP contribution in [-0.4, -0.2) is 15.5 Å². The molecule has 0 atom stereocenters. The molecule has 0 amide bonds. The van der Waals surface area contributed by atoms with Gasteiger partial charge in [-0.1, -0.05) is 6.07 Å². The Kier molecular flexibility index (Phi) is 4.20. The van der Waals surface area contributed by atoms with Crippen molar-refractivity contribution in [2.45, 2.75) is 4.90 Å². The zero-order valence-electron chi connectivity index (χ0n) is 10.6. The van der Waals surface area contributed by atoms with E-state index in [9.17, 15) is 8.42 Å². The average Bonchev–Trinajstić information content (AvgIpc) is 2.41. The summed E-state index contributed by atoms with van der Waals surface area (Å²) in [6, 6.07) is 11.1. The highest BCUT2D eigenvalue weighted by Crippen LogP contribution is 2.29. The molecule has 0 aliphatic heterocycles. The molecule has 3 N–H and O–H groups in total. The predicted octanol–water partition coefficient (Wildman–Crippen LogP) is 2.84. The van der Waals surface area contributed by atoms with Crippen molar-refractivity contribution in [3.05, 3.63) is 46.9 Å². The van der Waals surface area contributed by atoms with E-state index < -0.39 is 10.0 Å². The highest BCUT2D eigenvalue weighted by Gasteiger charge is 2.16. The SMILES string of the molecule is COc1ccc(Br)c(NS(=O)(=O)c2cccc(N)c2)c1. The molecule has 0 bridgehead atoms. The van der Waals surface area contributed by atoms with E-state index in [-0.39, 0.29) is 4.90 Å². The van der Waals surface area contributed by atoms with Gasteiger partial charge in [-0.3, -0.25) is 4.72 Å². The maximum absolute atomic E-state index is 12.3. The topological polar surface area (TPSA) is 81.4 Å². The van der Waals surface area contributed by atoms with Crippen molar-refractivity contribution in [1.82, 2.24) is 0 Å². The molecule has 0 radical (unpaired) electrons. The quantitative estimate of drug-likeness (QED) is 0.825. The molecule has 0 saturated carbocycles. The fourth-order valence-electron chi connectivity index (χ4n) is 1.59. The summed E-state index contributed by atoms with van der Waals surface area (Å²) in [5.41, 5.74) is 6.38. The van der Waals surface area contributed by atoms with E-state index in [1.165, 1.54) is 19.2 Å². The Balaban J connectivity index is 2.38.